The van der Waals surface area contributed by atoms with Crippen LogP contribution in [0.25, 0.3) is 0 Å². The Hall–Kier alpha value is -1.92. The lowest BCUT2D eigenvalue weighted by molar-refractivity contribution is -0.159. The number of hydrogen-bond donors (Lipinski definition) is 2. The van der Waals surface area contributed by atoms with Gasteiger partial charge in [0, 0.05) is 19.3 Å². The SMILES string of the molecule is CC(C)(C)OC(=O)[C@@H](CCC(=O)O)NC(=O)CCCC=O. The number of esters is 1. The fourth-order valence-corrected chi connectivity index (χ4v) is 1.50. The molecule has 0 saturated heterocycles. The Bertz CT molecular complexity index is 385. The standard InChI is InChI=1S/C14H23NO6/c1-14(2,3)21-13(20)10(7-8-12(18)19)15-11(17)6-4-5-9-16/h9-10H,4-8H2,1-3H3,(H,15,17)(H,18,19)/t10-/m1/s1. The molecule has 7 heteroatoms. The molecule has 0 aliphatic carbocycles. The topological polar surface area (TPSA) is 110 Å². The lowest BCUT2D eigenvalue weighted by atomic mass is 10.1. The third kappa shape index (κ3) is 10.5. The van der Waals surface area contributed by atoms with Gasteiger partial charge in [0.25, 0.3) is 0 Å². The molecule has 0 fully saturated rings. The van der Waals surface area contributed by atoms with E-state index in [2.05, 4.69) is 5.32 Å². The van der Waals surface area contributed by atoms with E-state index in [1.165, 1.54) is 0 Å². The Balaban J connectivity index is 4.57. The molecule has 0 spiro atoms. The quantitative estimate of drug-likeness (QED) is 0.374. The molecule has 0 aliphatic heterocycles. The smallest absolute Gasteiger partial charge is 0.329 e. The summed E-state index contributed by atoms with van der Waals surface area (Å²) >= 11 is 0. The number of carboxylic acid groups (broad SMARTS) is 1. The van der Waals surface area contributed by atoms with E-state index in [1.54, 1.807) is 20.8 Å². The minimum absolute atomic E-state index is 0.0380. The molecule has 1 atom stereocenters. The van der Waals surface area contributed by atoms with Crippen LogP contribution < -0.4 is 5.32 Å². The first-order valence-electron chi connectivity index (χ1n) is 6.83. The average Bonchev–Trinajstić information content (AvgIpc) is 2.32. The van der Waals surface area contributed by atoms with E-state index in [9.17, 15) is 19.2 Å². The highest BCUT2D eigenvalue weighted by Crippen LogP contribution is 2.11. The van der Waals surface area contributed by atoms with Crippen molar-refractivity contribution in [1.29, 1.82) is 0 Å². The number of carbonyl (C=O) groups excluding carboxylic acids is 3. The number of unbranched alkanes of at least 4 members (excludes halogenated alkanes) is 1. The van der Waals surface area contributed by atoms with Gasteiger partial charge in [0.2, 0.25) is 5.91 Å². The van der Waals surface area contributed by atoms with Crippen molar-refractivity contribution in [3.05, 3.63) is 0 Å². The van der Waals surface area contributed by atoms with Crippen LogP contribution in [0.1, 0.15) is 52.9 Å². The molecule has 0 unspecified atom stereocenters. The van der Waals surface area contributed by atoms with Crippen LogP contribution in [0, 0.1) is 0 Å². The number of ether oxygens (including phenoxy) is 1. The molecule has 21 heavy (non-hydrogen) atoms. The van der Waals surface area contributed by atoms with Crippen LogP contribution in [-0.4, -0.2) is 40.9 Å². The minimum atomic E-state index is -1.06. The molecule has 0 aromatic rings. The highest BCUT2D eigenvalue weighted by molar-refractivity contribution is 5.85. The van der Waals surface area contributed by atoms with E-state index in [4.69, 9.17) is 9.84 Å². The van der Waals surface area contributed by atoms with Crippen molar-refractivity contribution in [3.63, 3.8) is 0 Å². The summed E-state index contributed by atoms with van der Waals surface area (Å²) < 4.78 is 5.16. The van der Waals surface area contributed by atoms with Gasteiger partial charge in [0.05, 0.1) is 0 Å². The average molecular weight is 301 g/mol. The molecule has 0 aromatic carbocycles. The molecule has 7 nitrogen and oxygen atoms in total. The molecule has 0 aliphatic rings. The van der Waals surface area contributed by atoms with Gasteiger partial charge in [-0.2, -0.15) is 0 Å². The van der Waals surface area contributed by atoms with E-state index < -0.39 is 29.5 Å². The molecule has 0 saturated carbocycles. The van der Waals surface area contributed by atoms with Crippen LogP contribution in [0.4, 0.5) is 0 Å². The Labute approximate surface area is 124 Å². The number of nitrogens with one attached hydrogen (secondary N) is 1. The summed E-state index contributed by atoms with van der Waals surface area (Å²) in [5.74, 6) is -2.12. The Morgan fingerprint density at radius 3 is 2.33 bits per heavy atom. The van der Waals surface area contributed by atoms with E-state index in [0.717, 1.165) is 0 Å². The van der Waals surface area contributed by atoms with Gasteiger partial charge in [0.1, 0.15) is 17.9 Å². The summed E-state index contributed by atoms with van der Waals surface area (Å²) in [6.07, 6.45) is 1.17. The predicted molar refractivity (Wildman–Crippen MR) is 74.6 cm³/mol. The fourth-order valence-electron chi connectivity index (χ4n) is 1.50. The largest absolute Gasteiger partial charge is 0.481 e. The van der Waals surface area contributed by atoms with Crippen molar-refractivity contribution in [2.45, 2.75) is 64.5 Å². The van der Waals surface area contributed by atoms with Crippen molar-refractivity contribution >= 4 is 24.1 Å². The van der Waals surface area contributed by atoms with Crippen molar-refractivity contribution < 1.29 is 29.0 Å². The lowest BCUT2D eigenvalue weighted by Gasteiger charge is -2.24. The lowest BCUT2D eigenvalue weighted by Crippen LogP contribution is -2.44. The monoisotopic (exact) mass is 301 g/mol. The van der Waals surface area contributed by atoms with Gasteiger partial charge in [-0.1, -0.05) is 0 Å². The van der Waals surface area contributed by atoms with E-state index in [0.29, 0.717) is 12.7 Å². The van der Waals surface area contributed by atoms with Crippen LogP contribution in [0.15, 0.2) is 0 Å². The van der Waals surface area contributed by atoms with Gasteiger partial charge >= 0.3 is 11.9 Å². The fraction of sp³-hybridized carbons (Fsp3) is 0.714. The maximum Gasteiger partial charge on any atom is 0.329 e. The molecule has 0 rings (SSSR count). The summed E-state index contributed by atoms with van der Waals surface area (Å²) in [6.45, 7) is 5.06. The van der Waals surface area contributed by atoms with Crippen LogP contribution >= 0.6 is 0 Å². The Kier molecular flexibility index (Phi) is 8.26. The van der Waals surface area contributed by atoms with Gasteiger partial charge in [-0.15, -0.1) is 0 Å². The molecule has 0 radical (unpaired) electrons. The Morgan fingerprint density at radius 2 is 1.86 bits per heavy atom. The molecule has 0 bridgehead atoms. The number of hydrogen-bond acceptors (Lipinski definition) is 5. The first-order chi connectivity index (χ1) is 9.65. The second-order valence-electron chi connectivity index (χ2n) is 5.64. The number of carbonyl (C=O) groups is 4. The predicted octanol–water partition coefficient (Wildman–Crippen LogP) is 1.05. The Morgan fingerprint density at radius 1 is 1.24 bits per heavy atom. The van der Waals surface area contributed by atoms with Crippen molar-refractivity contribution in [2.24, 2.45) is 0 Å². The number of aliphatic carboxylic acids is 1. The van der Waals surface area contributed by atoms with Gasteiger partial charge in [-0.3, -0.25) is 9.59 Å². The number of aldehydes is 1. The zero-order valence-electron chi connectivity index (χ0n) is 12.7. The molecule has 1 amide bonds. The second-order valence-corrected chi connectivity index (χ2v) is 5.64. The molecule has 0 heterocycles. The summed E-state index contributed by atoms with van der Waals surface area (Å²) in [7, 11) is 0. The summed E-state index contributed by atoms with van der Waals surface area (Å²) in [6, 6.07) is -0.996. The van der Waals surface area contributed by atoms with Crippen LogP contribution in [0.5, 0.6) is 0 Å². The van der Waals surface area contributed by atoms with E-state index in [-0.39, 0.29) is 25.7 Å². The first kappa shape index (κ1) is 19.1. The van der Waals surface area contributed by atoms with Crippen molar-refractivity contribution in [1.82, 2.24) is 5.32 Å². The van der Waals surface area contributed by atoms with Crippen LogP contribution in [-0.2, 0) is 23.9 Å². The van der Waals surface area contributed by atoms with Crippen molar-refractivity contribution in [3.8, 4) is 0 Å². The summed E-state index contributed by atoms with van der Waals surface area (Å²) in [5.41, 5.74) is -0.721. The summed E-state index contributed by atoms with van der Waals surface area (Å²) in [4.78, 5) is 44.4. The minimum Gasteiger partial charge on any atom is -0.481 e. The maximum atomic E-state index is 12.0. The van der Waals surface area contributed by atoms with Crippen LogP contribution in [0.3, 0.4) is 0 Å². The second kappa shape index (κ2) is 9.10. The molecule has 2 N–H and O–H groups in total. The normalized spacial score (nSPS) is 12.3. The van der Waals surface area contributed by atoms with Crippen molar-refractivity contribution in [2.75, 3.05) is 0 Å². The van der Waals surface area contributed by atoms with Gasteiger partial charge < -0.3 is 20.0 Å². The third-order valence-electron chi connectivity index (χ3n) is 2.40. The van der Waals surface area contributed by atoms with E-state index >= 15 is 0 Å². The zero-order valence-corrected chi connectivity index (χ0v) is 12.7. The number of rotatable bonds is 9. The van der Waals surface area contributed by atoms with Gasteiger partial charge in [0.15, 0.2) is 0 Å². The maximum absolute atomic E-state index is 12.0. The molecular formula is C14H23NO6. The molecule has 120 valence electrons. The molecule has 0 aromatic heterocycles. The highest BCUT2D eigenvalue weighted by atomic mass is 16.6. The molecular weight excluding hydrogens is 278 g/mol. The third-order valence-corrected chi connectivity index (χ3v) is 2.40. The number of carboxylic acids is 1. The van der Waals surface area contributed by atoms with Gasteiger partial charge in [-0.05, 0) is 33.6 Å². The first-order valence-corrected chi connectivity index (χ1v) is 6.83. The zero-order chi connectivity index (χ0) is 16.5. The highest BCUT2D eigenvalue weighted by Gasteiger charge is 2.26. The van der Waals surface area contributed by atoms with Gasteiger partial charge in [-0.25, -0.2) is 4.79 Å². The van der Waals surface area contributed by atoms with E-state index in [1.807, 2.05) is 0 Å². The summed E-state index contributed by atoms with van der Waals surface area (Å²) in [5, 5.41) is 11.1. The number of amides is 1. The van der Waals surface area contributed by atoms with Crippen LogP contribution in [0.2, 0.25) is 0 Å².